The zero-order chi connectivity index (χ0) is 10.7. The summed E-state index contributed by atoms with van der Waals surface area (Å²) in [5, 5.41) is 11.8. The lowest BCUT2D eigenvalue weighted by atomic mass is 10.2. The molecule has 0 radical (unpaired) electrons. The SMILES string of the molecule is CC(C)Nc1cc(Br)c(F)cc1C#N. The van der Waals surface area contributed by atoms with Crippen LogP contribution < -0.4 is 5.32 Å². The van der Waals surface area contributed by atoms with Crippen molar-refractivity contribution >= 4 is 21.6 Å². The van der Waals surface area contributed by atoms with Crippen LogP contribution in [-0.4, -0.2) is 6.04 Å². The van der Waals surface area contributed by atoms with Gasteiger partial charge in [-0.2, -0.15) is 5.26 Å². The van der Waals surface area contributed by atoms with Gasteiger partial charge in [-0.25, -0.2) is 4.39 Å². The smallest absolute Gasteiger partial charge is 0.138 e. The Morgan fingerprint density at radius 1 is 1.50 bits per heavy atom. The molecular weight excluding hydrogens is 247 g/mol. The Balaban J connectivity index is 3.15. The number of hydrogen-bond donors (Lipinski definition) is 1. The van der Waals surface area contributed by atoms with E-state index in [0.717, 1.165) is 0 Å². The summed E-state index contributed by atoms with van der Waals surface area (Å²) in [6.45, 7) is 3.91. The molecule has 1 N–H and O–H groups in total. The third kappa shape index (κ3) is 2.46. The molecule has 0 aromatic heterocycles. The molecule has 1 aromatic carbocycles. The molecule has 74 valence electrons. The lowest BCUT2D eigenvalue weighted by Crippen LogP contribution is -2.11. The highest BCUT2D eigenvalue weighted by molar-refractivity contribution is 9.10. The van der Waals surface area contributed by atoms with E-state index >= 15 is 0 Å². The van der Waals surface area contributed by atoms with Gasteiger partial charge < -0.3 is 5.32 Å². The van der Waals surface area contributed by atoms with E-state index in [-0.39, 0.29) is 6.04 Å². The van der Waals surface area contributed by atoms with Gasteiger partial charge in [-0.15, -0.1) is 0 Å². The predicted octanol–water partition coefficient (Wildman–Crippen LogP) is 3.28. The molecule has 14 heavy (non-hydrogen) atoms. The zero-order valence-electron chi connectivity index (χ0n) is 7.94. The second-order valence-electron chi connectivity index (χ2n) is 3.22. The minimum atomic E-state index is -0.421. The molecule has 1 aromatic rings. The second-order valence-corrected chi connectivity index (χ2v) is 4.08. The first kappa shape index (κ1) is 11.0. The van der Waals surface area contributed by atoms with E-state index in [1.807, 2.05) is 19.9 Å². The molecule has 1 rings (SSSR count). The van der Waals surface area contributed by atoms with Gasteiger partial charge in [-0.3, -0.25) is 0 Å². The van der Waals surface area contributed by atoms with Gasteiger partial charge in [0.05, 0.1) is 15.7 Å². The maximum absolute atomic E-state index is 13.1. The van der Waals surface area contributed by atoms with Crippen molar-refractivity contribution in [2.24, 2.45) is 0 Å². The molecule has 0 amide bonds. The van der Waals surface area contributed by atoms with Crippen LogP contribution in [0.25, 0.3) is 0 Å². The number of rotatable bonds is 2. The van der Waals surface area contributed by atoms with Crippen molar-refractivity contribution < 1.29 is 4.39 Å². The summed E-state index contributed by atoms with van der Waals surface area (Å²) in [7, 11) is 0. The van der Waals surface area contributed by atoms with Crippen LogP contribution >= 0.6 is 15.9 Å². The number of hydrogen-bond acceptors (Lipinski definition) is 2. The van der Waals surface area contributed by atoms with Crippen LogP contribution in [0.4, 0.5) is 10.1 Å². The maximum Gasteiger partial charge on any atom is 0.138 e. The monoisotopic (exact) mass is 256 g/mol. The average molecular weight is 257 g/mol. The fourth-order valence-electron chi connectivity index (χ4n) is 1.07. The van der Waals surface area contributed by atoms with Crippen LogP contribution in [0.3, 0.4) is 0 Å². The normalized spacial score (nSPS) is 10.0. The zero-order valence-corrected chi connectivity index (χ0v) is 9.52. The van der Waals surface area contributed by atoms with Gasteiger partial charge in [0.2, 0.25) is 0 Å². The molecule has 0 heterocycles. The highest BCUT2D eigenvalue weighted by Gasteiger charge is 2.08. The number of benzene rings is 1. The predicted molar refractivity (Wildman–Crippen MR) is 57.6 cm³/mol. The Hall–Kier alpha value is -1.08. The average Bonchev–Trinajstić information content (AvgIpc) is 2.10. The van der Waals surface area contributed by atoms with E-state index in [1.165, 1.54) is 6.07 Å². The largest absolute Gasteiger partial charge is 0.382 e. The van der Waals surface area contributed by atoms with Crippen molar-refractivity contribution in [3.8, 4) is 6.07 Å². The Labute approximate surface area is 90.9 Å². The van der Waals surface area contributed by atoms with Gasteiger partial charge in [0.15, 0.2) is 0 Å². The van der Waals surface area contributed by atoms with Crippen molar-refractivity contribution in [1.82, 2.24) is 0 Å². The van der Waals surface area contributed by atoms with E-state index in [0.29, 0.717) is 15.7 Å². The first-order valence-electron chi connectivity index (χ1n) is 4.20. The lowest BCUT2D eigenvalue weighted by molar-refractivity contribution is 0.620. The molecule has 4 heteroatoms. The fourth-order valence-corrected chi connectivity index (χ4v) is 1.41. The van der Waals surface area contributed by atoms with Crippen molar-refractivity contribution in [2.45, 2.75) is 19.9 Å². The quantitative estimate of drug-likeness (QED) is 0.882. The minimum absolute atomic E-state index is 0.208. The van der Waals surface area contributed by atoms with Gasteiger partial charge in [0.25, 0.3) is 0 Å². The highest BCUT2D eigenvalue weighted by Crippen LogP contribution is 2.24. The first-order chi connectivity index (χ1) is 6.54. The van der Waals surface area contributed by atoms with Gasteiger partial charge in [0.1, 0.15) is 11.9 Å². The molecular formula is C10H10BrFN2. The molecule has 0 atom stereocenters. The Morgan fingerprint density at radius 3 is 2.64 bits per heavy atom. The van der Waals surface area contributed by atoms with Crippen LogP contribution in [0.5, 0.6) is 0 Å². The third-order valence-electron chi connectivity index (χ3n) is 1.63. The molecule has 2 nitrogen and oxygen atoms in total. The van der Waals surface area contributed by atoms with Gasteiger partial charge in [-0.05, 0) is 41.9 Å². The van der Waals surface area contributed by atoms with Gasteiger partial charge in [-0.1, -0.05) is 0 Å². The first-order valence-corrected chi connectivity index (χ1v) is 4.99. The Morgan fingerprint density at radius 2 is 2.14 bits per heavy atom. The molecule has 0 aliphatic rings. The molecule has 0 aliphatic carbocycles. The molecule has 0 aliphatic heterocycles. The highest BCUT2D eigenvalue weighted by atomic mass is 79.9. The topological polar surface area (TPSA) is 35.8 Å². The minimum Gasteiger partial charge on any atom is -0.382 e. The number of halogens is 2. The van der Waals surface area contributed by atoms with Crippen LogP contribution in [0.1, 0.15) is 19.4 Å². The second kappa shape index (κ2) is 4.43. The van der Waals surface area contributed by atoms with E-state index in [1.54, 1.807) is 6.07 Å². The summed E-state index contributed by atoms with van der Waals surface area (Å²) in [6.07, 6.45) is 0. The van der Waals surface area contributed by atoms with Gasteiger partial charge in [0, 0.05) is 6.04 Å². The molecule has 0 saturated carbocycles. The third-order valence-corrected chi connectivity index (χ3v) is 2.23. The van der Waals surface area contributed by atoms with Crippen LogP contribution in [0.15, 0.2) is 16.6 Å². The molecule has 0 fully saturated rings. The number of nitriles is 1. The van der Waals surface area contributed by atoms with E-state index < -0.39 is 5.82 Å². The molecule has 0 bridgehead atoms. The fraction of sp³-hybridized carbons (Fsp3) is 0.300. The van der Waals surface area contributed by atoms with Gasteiger partial charge >= 0.3 is 0 Å². The Kier molecular flexibility index (Phi) is 3.48. The van der Waals surface area contributed by atoms with E-state index in [2.05, 4.69) is 21.2 Å². The number of nitrogens with zero attached hydrogens (tertiary/aromatic N) is 1. The summed E-state index contributed by atoms with van der Waals surface area (Å²) < 4.78 is 13.4. The molecule has 0 spiro atoms. The van der Waals surface area contributed by atoms with Crippen LogP contribution in [-0.2, 0) is 0 Å². The maximum atomic E-state index is 13.1. The summed E-state index contributed by atoms with van der Waals surface area (Å²) in [6, 6.07) is 4.95. The lowest BCUT2D eigenvalue weighted by Gasteiger charge is -2.12. The standard InChI is InChI=1S/C10H10BrFN2/c1-6(2)14-10-4-8(11)9(12)3-7(10)5-13/h3-4,6,14H,1-2H3. The van der Waals surface area contributed by atoms with E-state index in [4.69, 9.17) is 5.26 Å². The van der Waals surface area contributed by atoms with Crippen molar-refractivity contribution in [1.29, 1.82) is 5.26 Å². The summed E-state index contributed by atoms with van der Waals surface area (Å²) >= 11 is 3.07. The summed E-state index contributed by atoms with van der Waals surface area (Å²) in [5.41, 5.74) is 0.968. The molecule has 0 saturated heterocycles. The van der Waals surface area contributed by atoms with Crippen molar-refractivity contribution in [2.75, 3.05) is 5.32 Å². The van der Waals surface area contributed by atoms with Crippen LogP contribution in [0, 0.1) is 17.1 Å². The summed E-state index contributed by atoms with van der Waals surface area (Å²) in [4.78, 5) is 0. The Bertz CT molecular complexity index is 382. The number of anilines is 1. The summed E-state index contributed by atoms with van der Waals surface area (Å²) in [5.74, 6) is -0.421. The molecule has 0 unspecified atom stereocenters. The van der Waals surface area contributed by atoms with Crippen molar-refractivity contribution in [3.05, 3.63) is 28.0 Å². The van der Waals surface area contributed by atoms with Crippen molar-refractivity contribution in [3.63, 3.8) is 0 Å². The van der Waals surface area contributed by atoms with E-state index in [9.17, 15) is 4.39 Å². The van der Waals surface area contributed by atoms with Crippen LogP contribution in [0.2, 0.25) is 0 Å². The number of nitrogens with one attached hydrogen (secondary N) is 1.